The first kappa shape index (κ1) is 39.3. The molecule has 0 N–H and O–H groups in total. The second-order valence-electron chi connectivity index (χ2n) is 13.7. The van der Waals surface area contributed by atoms with E-state index in [0.29, 0.717) is 19.8 Å². The van der Waals surface area contributed by atoms with Crippen LogP contribution >= 0.6 is 0 Å². The van der Waals surface area contributed by atoms with Crippen molar-refractivity contribution in [2.24, 2.45) is 0 Å². The van der Waals surface area contributed by atoms with Crippen LogP contribution in [-0.2, 0) is 75.7 Å². The quantitative estimate of drug-likeness (QED) is 0.0839. The van der Waals surface area contributed by atoms with Gasteiger partial charge >= 0.3 is 0 Å². The Morgan fingerprint density at radius 1 is 0.446 bits per heavy atom. The van der Waals surface area contributed by atoms with Gasteiger partial charge in [-0.25, -0.2) is 0 Å². The van der Waals surface area contributed by atoms with E-state index in [1.54, 1.807) is 6.26 Å². The summed E-state index contributed by atoms with van der Waals surface area (Å²) >= 11 is 0. The Kier molecular flexibility index (Phi) is 14.6. The number of hydrogen-bond acceptors (Lipinski definition) is 9. The van der Waals surface area contributed by atoms with Crippen molar-refractivity contribution in [2.75, 3.05) is 13.2 Å². The van der Waals surface area contributed by atoms with Gasteiger partial charge in [0.05, 0.1) is 52.5 Å². The summed E-state index contributed by atoms with van der Waals surface area (Å²) in [5, 5.41) is 0. The fourth-order valence-electron chi connectivity index (χ4n) is 6.64. The molecule has 5 aromatic carbocycles. The summed E-state index contributed by atoms with van der Waals surface area (Å²) in [6, 6.07) is 49.3. The molecule has 9 heteroatoms. The second-order valence-corrected chi connectivity index (χ2v) is 13.7. The van der Waals surface area contributed by atoms with E-state index in [1.165, 1.54) is 0 Å². The minimum absolute atomic E-state index is 0.0239. The molecule has 0 radical (unpaired) electrons. The maximum atomic E-state index is 14.4. The molecule has 9 nitrogen and oxygen atoms in total. The largest absolute Gasteiger partial charge is 0.493 e. The zero-order valence-electron chi connectivity index (χ0n) is 31.3. The summed E-state index contributed by atoms with van der Waals surface area (Å²) in [5.41, 5.74) is 4.93. The van der Waals surface area contributed by atoms with Crippen LogP contribution < -0.4 is 0 Å². The molecule has 7 rings (SSSR count). The van der Waals surface area contributed by atoms with Gasteiger partial charge in [0.25, 0.3) is 0 Å². The lowest BCUT2D eigenvalue weighted by atomic mass is 9.99. The number of benzene rings is 5. The number of rotatable bonds is 19. The van der Waals surface area contributed by atoms with Gasteiger partial charge in [0, 0.05) is 0 Å². The lowest BCUT2D eigenvalue weighted by Crippen LogP contribution is -2.59. The monoisotopic (exact) mass is 756 g/mol. The van der Waals surface area contributed by atoms with Gasteiger partial charge in [-0.05, 0) is 33.9 Å². The number of carbonyl (C=O) groups is 1. The molecule has 1 saturated heterocycles. The molecule has 2 heterocycles. The van der Waals surface area contributed by atoms with E-state index in [2.05, 4.69) is 0 Å². The predicted octanol–water partition coefficient (Wildman–Crippen LogP) is 7.77. The van der Waals surface area contributed by atoms with Gasteiger partial charge in [-0.2, -0.15) is 0 Å². The zero-order valence-corrected chi connectivity index (χ0v) is 31.3. The fourth-order valence-corrected chi connectivity index (χ4v) is 6.64. The number of carbonyl (C=O) groups excluding carboxylic acids is 1. The molecule has 2 aliphatic rings. The van der Waals surface area contributed by atoms with Crippen LogP contribution in [0.25, 0.3) is 0 Å². The third kappa shape index (κ3) is 11.3. The van der Waals surface area contributed by atoms with Gasteiger partial charge in [-0.1, -0.05) is 152 Å². The van der Waals surface area contributed by atoms with E-state index in [-0.39, 0.29) is 32.2 Å². The number of Topliss-reactive ketones (excluding diaryl/α,β-unsaturated/α-hetero) is 1. The van der Waals surface area contributed by atoms with Crippen molar-refractivity contribution < 1.29 is 42.7 Å². The molecule has 0 aliphatic carbocycles. The van der Waals surface area contributed by atoms with Gasteiger partial charge < -0.3 is 37.9 Å². The molecular weight excluding hydrogens is 709 g/mol. The van der Waals surface area contributed by atoms with Crippen LogP contribution in [0.4, 0.5) is 0 Å². The lowest BCUT2D eigenvalue weighted by molar-refractivity contribution is -0.264. The summed E-state index contributed by atoms with van der Waals surface area (Å²) < 4.78 is 50.9. The molecule has 0 unspecified atom stereocenters. The topological polar surface area (TPSA) is 90.9 Å². The Morgan fingerprint density at radius 2 is 0.893 bits per heavy atom. The zero-order chi connectivity index (χ0) is 38.2. The Morgan fingerprint density at radius 3 is 1.41 bits per heavy atom. The maximum Gasteiger partial charge on any atom is 0.221 e. The average molecular weight is 757 g/mol. The summed E-state index contributed by atoms with van der Waals surface area (Å²) in [6.45, 7) is 1.63. The Labute approximate surface area is 328 Å². The van der Waals surface area contributed by atoms with Gasteiger partial charge in [-0.15, -0.1) is 0 Å². The first-order valence-electron chi connectivity index (χ1n) is 19.1. The molecule has 7 atom stereocenters. The predicted molar refractivity (Wildman–Crippen MR) is 210 cm³/mol. The molecule has 0 aromatic heterocycles. The molecule has 2 aliphatic heterocycles. The molecule has 56 heavy (non-hydrogen) atoms. The van der Waals surface area contributed by atoms with Gasteiger partial charge in [0.2, 0.25) is 12.1 Å². The maximum absolute atomic E-state index is 14.4. The lowest BCUT2D eigenvalue weighted by Gasteiger charge is -2.41. The normalized spacial score (nSPS) is 23.4. The van der Waals surface area contributed by atoms with Crippen molar-refractivity contribution in [2.45, 2.75) is 75.9 Å². The standard InChI is InChI=1S/C47H48O9/c48-43-46(54-32-39-24-14-5-15-25-39)45(53-31-38-22-12-4-13-23-38)42(33-49-28-35-16-6-1-7-17-35)56-47(43)55-34-41-44(52-30-37-20-10-3-11-21-37)40(26-27-50-41)51-29-36-18-8-2-9-19-36/h1-27,40-42,44-47H,28-34H2/t40-,41-,42-,44+,45-,46-,47-/m1/s1. The van der Waals surface area contributed by atoms with Crippen LogP contribution in [0.3, 0.4) is 0 Å². The summed E-state index contributed by atoms with van der Waals surface area (Å²) in [5.74, 6) is -0.386. The summed E-state index contributed by atoms with van der Waals surface area (Å²) in [7, 11) is 0. The molecule has 0 saturated carbocycles. The van der Waals surface area contributed by atoms with Crippen LogP contribution in [0.15, 0.2) is 164 Å². The van der Waals surface area contributed by atoms with E-state index < -0.39 is 42.9 Å². The third-order valence-corrected chi connectivity index (χ3v) is 9.62. The molecule has 0 spiro atoms. The molecule has 5 aromatic rings. The Bertz CT molecular complexity index is 1890. The first-order valence-corrected chi connectivity index (χ1v) is 19.1. The van der Waals surface area contributed by atoms with E-state index in [0.717, 1.165) is 27.8 Å². The molecule has 0 bridgehead atoms. The fraction of sp³-hybridized carbons (Fsp3) is 0.298. The highest BCUT2D eigenvalue weighted by atomic mass is 16.7. The molecule has 1 fully saturated rings. The number of ketones is 1. The van der Waals surface area contributed by atoms with Crippen LogP contribution in [-0.4, -0.2) is 61.9 Å². The molecule has 0 amide bonds. The SMILES string of the molecule is O=C1[C@H](OC[C@H]2OC=C[C@@H](OCc3ccccc3)[C@@H]2OCc2ccccc2)O[C@H](COCc2ccccc2)[C@@H](OCc2ccccc2)[C@@H]1OCc1ccccc1. The smallest absolute Gasteiger partial charge is 0.221 e. The van der Waals surface area contributed by atoms with E-state index in [4.69, 9.17) is 37.9 Å². The summed E-state index contributed by atoms with van der Waals surface area (Å²) in [4.78, 5) is 14.4. The number of ether oxygens (including phenoxy) is 8. The van der Waals surface area contributed by atoms with Crippen molar-refractivity contribution >= 4 is 5.78 Å². The van der Waals surface area contributed by atoms with Crippen LogP contribution in [0, 0.1) is 0 Å². The second kappa shape index (κ2) is 20.8. The molecular formula is C47H48O9. The van der Waals surface area contributed by atoms with Crippen LogP contribution in [0.1, 0.15) is 27.8 Å². The van der Waals surface area contributed by atoms with Gasteiger partial charge in [-0.3, -0.25) is 4.79 Å². The van der Waals surface area contributed by atoms with Gasteiger partial charge in [0.1, 0.15) is 24.4 Å². The van der Waals surface area contributed by atoms with Crippen LogP contribution in [0.5, 0.6) is 0 Å². The highest BCUT2D eigenvalue weighted by molar-refractivity contribution is 5.87. The average Bonchev–Trinajstić information content (AvgIpc) is 3.26. The van der Waals surface area contributed by atoms with Crippen molar-refractivity contribution in [3.63, 3.8) is 0 Å². The highest BCUT2D eigenvalue weighted by Gasteiger charge is 2.48. The molecule has 290 valence electrons. The van der Waals surface area contributed by atoms with Crippen molar-refractivity contribution in [1.82, 2.24) is 0 Å². The number of hydrogen-bond donors (Lipinski definition) is 0. The Hall–Kier alpha value is -4.97. The van der Waals surface area contributed by atoms with E-state index in [9.17, 15) is 4.79 Å². The first-order chi connectivity index (χ1) is 27.7. The van der Waals surface area contributed by atoms with Gasteiger partial charge in [0.15, 0.2) is 12.2 Å². The minimum Gasteiger partial charge on any atom is -0.493 e. The van der Waals surface area contributed by atoms with Crippen LogP contribution in [0.2, 0.25) is 0 Å². The Balaban J connectivity index is 1.09. The van der Waals surface area contributed by atoms with E-state index >= 15 is 0 Å². The van der Waals surface area contributed by atoms with Crippen molar-refractivity contribution in [3.8, 4) is 0 Å². The summed E-state index contributed by atoms with van der Waals surface area (Å²) in [6.07, 6.45) is -1.95. The van der Waals surface area contributed by atoms with Crippen molar-refractivity contribution in [1.29, 1.82) is 0 Å². The highest BCUT2D eigenvalue weighted by Crippen LogP contribution is 2.28. The third-order valence-electron chi connectivity index (χ3n) is 9.62. The van der Waals surface area contributed by atoms with E-state index in [1.807, 2.05) is 158 Å². The minimum atomic E-state index is -1.29. The van der Waals surface area contributed by atoms with Crippen molar-refractivity contribution in [3.05, 3.63) is 192 Å².